The molecular formula is C22H33N2O3+. The number of ether oxygens (including phenoxy) is 2. The zero-order valence-electron chi connectivity index (χ0n) is 16.4. The molecule has 1 N–H and O–H groups in total. The van der Waals surface area contributed by atoms with Gasteiger partial charge in [0.1, 0.15) is 13.2 Å². The van der Waals surface area contributed by atoms with E-state index in [4.69, 9.17) is 9.47 Å². The van der Waals surface area contributed by atoms with Crippen LogP contribution in [0.3, 0.4) is 0 Å². The van der Waals surface area contributed by atoms with Crippen LogP contribution >= 0.6 is 0 Å². The lowest BCUT2D eigenvalue weighted by Gasteiger charge is -2.30. The van der Waals surface area contributed by atoms with Crippen molar-refractivity contribution in [3.05, 3.63) is 23.8 Å². The molecule has 2 aliphatic heterocycles. The number of fused-ring (bicyclic) bond motifs is 1. The number of rotatable bonds is 6. The van der Waals surface area contributed by atoms with Crippen LogP contribution in [0.4, 0.5) is 0 Å². The van der Waals surface area contributed by atoms with Gasteiger partial charge in [0, 0.05) is 25.3 Å². The largest absolute Gasteiger partial charge is 0.486 e. The highest BCUT2D eigenvalue weighted by Crippen LogP contribution is 2.32. The van der Waals surface area contributed by atoms with Gasteiger partial charge in [-0.25, -0.2) is 0 Å². The molecule has 1 aromatic rings. The maximum atomic E-state index is 13.3. The summed E-state index contributed by atoms with van der Waals surface area (Å²) in [6, 6.07) is 6.12. The summed E-state index contributed by atoms with van der Waals surface area (Å²) >= 11 is 0. The van der Waals surface area contributed by atoms with Crippen LogP contribution in [0.2, 0.25) is 0 Å². The van der Waals surface area contributed by atoms with E-state index in [0.717, 1.165) is 43.0 Å². The average Bonchev–Trinajstić information content (AvgIpc) is 3.25. The molecule has 1 aliphatic carbocycles. The fourth-order valence-corrected chi connectivity index (χ4v) is 4.70. The molecule has 5 heteroatoms. The first-order chi connectivity index (χ1) is 13.3. The monoisotopic (exact) mass is 373 g/mol. The second kappa shape index (κ2) is 8.96. The van der Waals surface area contributed by atoms with Gasteiger partial charge in [0.05, 0.1) is 26.2 Å². The Balaban J connectivity index is 1.45. The Hall–Kier alpha value is -1.75. The highest BCUT2D eigenvalue weighted by atomic mass is 16.6. The summed E-state index contributed by atoms with van der Waals surface area (Å²) < 4.78 is 11.4. The molecule has 0 unspecified atom stereocenters. The summed E-state index contributed by atoms with van der Waals surface area (Å²) in [4.78, 5) is 17.0. The minimum atomic E-state index is 0.226. The maximum absolute atomic E-state index is 13.3. The van der Waals surface area contributed by atoms with Crippen LogP contribution in [0.5, 0.6) is 11.5 Å². The lowest BCUT2D eigenvalue weighted by molar-refractivity contribution is -0.886. The lowest BCUT2D eigenvalue weighted by atomic mass is 9.88. The molecule has 5 nitrogen and oxygen atoms in total. The Kier molecular flexibility index (Phi) is 6.17. The van der Waals surface area contributed by atoms with Gasteiger partial charge in [0.15, 0.2) is 11.5 Å². The number of likely N-dealkylation sites (tertiary alicyclic amines) is 1. The third-order valence-electron chi connectivity index (χ3n) is 6.29. The molecule has 148 valence electrons. The molecular weight excluding hydrogens is 340 g/mol. The quantitative estimate of drug-likeness (QED) is 0.830. The molecule has 27 heavy (non-hydrogen) atoms. The number of amides is 1. The van der Waals surface area contributed by atoms with Gasteiger partial charge in [-0.3, -0.25) is 4.79 Å². The fraction of sp³-hybridized carbons (Fsp3) is 0.682. The third-order valence-corrected chi connectivity index (χ3v) is 6.29. The van der Waals surface area contributed by atoms with Crippen molar-refractivity contribution in [2.24, 2.45) is 5.92 Å². The van der Waals surface area contributed by atoms with Crippen molar-refractivity contribution in [3.8, 4) is 11.5 Å². The van der Waals surface area contributed by atoms with Gasteiger partial charge in [0.25, 0.3) is 0 Å². The number of carbonyl (C=O) groups excluding carboxylic acids is 1. The summed E-state index contributed by atoms with van der Waals surface area (Å²) in [6.07, 6.45) is 8.46. The van der Waals surface area contributed by atoms with E-state index in [0.29, 0.717) is 25.7 Å². The molecule has 2 heterocycles. The molecule has 4 rings (SSSR count). The van der Waals surface area contributed by atoms with Gasteiger partial charge in [-0.05, 0) is 30.5 Å². The minimum absolute atomic E-state index is 0.226. The van der Waals surface area contributed by atoms with Crippen LogP contribution in [-0.4, -0.2) is 50.2 Å². The molecule has 0 aromatic heterocycles. The van der Waals surface area contributed by atoms with E-state index >= 15 is 0 Å². The van der Waals surface area contributed by atoms with Crippen molar-refractivity contribution in [3.63, 3.8) is 0 Å². The Morgan fingerprint density at radius 1 is 1.00 bits per heavy atom. The lowest BCUT2D eigenvalue weighted by Crippen LogP contribution is -3.10. The topological polar surface area (TPSA) is 43.2 Å². The van der Waals surface area contributed by atoms with Gasteiger partial charge in [-0.1, -0.05) is 25.3 Å². The molecule has 0 atom stereocenters. The number of carbonyl (C=O) groups is 1. The highest BCUT2D eigenvalue weighted by Gasteiger charge is 2.27. The highest BCUT2D eigenvalue weighted by molar-refractivity contribution is 5.79. The summed E-state index contributed by atoms with van der Waals surface area (Å²) in [7, 11) is 0. The standard InChI is InChI=1S/C22H32N2O3/c25-22(19-6-2-1-3-7-19)24(13-12-23-10-4-5-11-23)17-18-8-9-20-21(16-18)27-15-14-26-20/h8-9,16,19H,1-7,10-15,17H2/p+1. The van der Waals surface area contributed by atoms with E-state index in [1.54, 1.807) is 4.90 Å². The van der Waals surface area contributed by atoms with Crippen molar-refractivity contribution in [2.45, 2.75) is 51.5 Å². The average molecular weight is 374 g/mol. The summed E-state index contributed by atoms with van der Waals surface area (Å²) in [6.45, 7) is 6.34. The summed E-state index contributed by atoms with van der Waals surface area (Å²) in [5.41, 5.74) is 1.14. The maximum Gasteiger partial charge on any atom is 0.226 e. The second-order valence-corrected chi connectivity index (χ2v) is 8.28. The van der Waals surface area contributed by atoms with E-state index < -0.39 is 0 Å². The van der Waals surface area contributed by atoms with Crippen LogP contribution in [0, 0.1) is 5.92 Å². The van der Waals surface area contributed by atoms with Crippen molar-refractivity contribution < 1.29 is 19.2 Å². The van der Waals surface area contributed by atoms with E-state index in [9.17, 15) is 4.79 Å². The van der Waals surface area contributed by atoms with E-state index in [1.807, 2.05) is 6.07 Å². The predicted molar refractivity (Wildman–Crippen MR) is 104 cm³/mol. The van der Waals surface area contributed by atoms with E-state index in [1.165, 1.54) is 45.2 Å². The predicted octanol–water partition coefficient (Wildman–Crippen LogP) is 2.05. The smallest absolute Gasteiger partial charge is 0.226 e. The van der Waals surface area contributed by atoms with Crippen LogP contribution in [0.1, 0.15) is 50.5 Å². The number of nitrogens with zero attached hydrogens (tertiary/aromatic N) is 1. The number of quaternary nitrogens is 1. The van der Waals surface area contributed by atoms with Gasteiger partial charge < -0.3 is 19.3 Å². The van der Waals surface area contributed by atoms with Crippen molar-refractivity contribution >= 4 is 5.91 Å². The number of hydrogen-bond acceptors (Lipinski definition) is 3. The second-order valence-electron chi connectivity index (χ2n) is 8.28. The van der Waals surface area contributed by atoms with E-state index in [-0.39, 0.29) is 5.92 Å². The molecule has 3 aliphatic rings. The third kappa shape index (κ3) is 4.75. The zero-order valence-corrected chi connectivity index (χ0v) is 16.4. The molecule has 2 fully saturated rings. The number of benzene rings is 1. The normalized spacial score (nSPS) is 20.6. The first kappa shape index (κ1) is 18.6. The SMILES string of the molecule is O=C(C1CCCCC1)N(CC[NH+]1CCCC1)Cc1ccc2c(c1)OCCO2. The van der Waals surface area contributed by atoms with E-state index in [2.05, 4.69) is 17.0 Å². The van der Waals surface area contributed by atoms with Gasteiger partial charge in [0.2, 0.25) is 5.91 Å². The van der Waals surface area contributed by atoms with Crippen LogP contribution in [-0.2, 0) is 11.3 Å². The minimum Gasteiger partial charge on any atom is -0.486 e. The summed E-state index contributed by atoms with van der Waals surface area (Å²) in [5.74, 6) is 2.22. The molecule has 1 saturated heterocycles. The van der Waals surface area contributed by atoms with Crippen LogP contribution in [0.15, 0.2) is 18.2 Å². The number of hydrogen-bond donors (Lipinski definition) is 1. The Labute approximate surface area is 162 Å². The van der Waals surface area contributed by atoms with Crippen LogP contribution in [0.25, 0.3) is 0 Å². The molecule has 1 saturated carbocycles. The molecule has 1 aromatic carbocycles. The Morgan fingerprint density at radius 2 is 1.74 bits per heavy atom. The Bertz CT molecular complexity index is 636. The molecule has 0 spiro atoms. The molecule has 1 amide bonds. The first-order valence-corrected chi connectivity index (χ1v) is 10.8. The summed E-state index contributed by atoms with van der Waals surface area (Å²) in [5, 5.41) is 0. The van der Waals surface area contributed by atoms with Gasteiger partial charge >= 0.3 is 0 Å². The van der Waals surface area contributed by atoms with Crippen molar-refractivity contribution in [1.82, 2.24) is 4.90 Å². The van der Waals surface area contributed by atoms with Crippen LogP contribution < -0.4 is 14.4 Å². The number of nitrogens with one attached hydrogen (secondary N) is 1. The Morgan fingerprint density at radius 3 is 2.52 bits per heavy atom. The fourth-order valence-electron chi connectivity index (χ4n) is 4.70. The van der Waals surface area contributed by atoms with Gasteiger partial charge in [-0.2, -0.15) is 0 Å². The van der Waals surface area contributed by atoms with Gasteiger partial charge in [-0.15, -0.1) is 0 Å². The van der Waals surface area contributed by atoms with Crippen molar-refractivity contribution in [1.29, 1.82) is 0 Å². The molecule has 0 bridgehead atoms. The molecule has 0 radical (unpaired) electrons. The van der Waals surface area contributed by atoms with Crippen molar-refractivity contribution in [2.75, 3.05) is 39.4 Å². The first-order valence-electron chi connectivity index (χ1n) is 10.8. The zero-order chi connectivity index (χ0) is 18.5.